The molecule has 1 aromatic heterocycles. The lowest BCUT2D eigenvalue weighted by Crippen LogP contribution is -2.38. The topological polar surface area (TPSA) is 56.4 Å². The molecule has 0 saturated carbocycles. The van der Waals surface area contributed by atoms with Crippen LogP contribution in [0.1, 0.15) is 5.56 Å². The summed E-state index contributed by atoms with van der Waals surface area (Å²) in [5.41, 5.74) is 0.437. The second-order valence-corrected chi connectivity index (χ2v) is 3.94. The average molecular weight is 243 g/mol. The summed E-state index contributed by atoms with van der Waals surface area (Å²) in [5, 5.41) is 0. The molecule has 0 atom stereocenters. The van der Waals surface area contributed by atoms with Crippen molar-refractivity contribution in [3.8, 4) is 0 Å². The van der Waals surface area contributed by atoms with Crippen LogP contribution in [0.4, 0.5) is 5.69 Å². The largest absolute Gasteiger partial charge is 0.330 e. The highest BCUT2D eigenvalue weighted by Gasteiger charge is 2.03. The molecule has 0 radical (unpaired) electrons. The first-order valence-electron chi connectivity index (χ1n) is 5.45. The predicted octanol–water partition coefficient (Wildman–Crippen LogP) is 0.835. The van der Waals surface area contributed by atoms with Gasteiger partial charge >= 0.3 is 5.69 Å². The first kappa shape index (κ1) is 12.0. The van der Waals surface area contributed by atoms with Gasteiger partial charge in [0.25, 0.3) is 5.56 Å². The molecule has 0 saturated heterocycles. The highest BCUT2D eigenvalue weighted by molar-refractivity contribution is 5.80. The number of nitrogens with zero attached hydrogens (tertiary/aromatic N) is 3. The number of aliphatic imine (C=N–C) groups is 1. The van der Waals surface area contributed by atoms with E-state index in [-0.39, 0.29) is 11.2 Å². The molecule has 0 N–H and O–H groups in total. The Morgan fingerprint density at radius 2 is 1.78 bits per heavy atom. The highest BCUT2D eigenvalue weighted by Crippen LogP contribution is 2.08. The molecule has 2 rings (SSSR count). The van der Waals surface area contributed by atoms with E-state index in [2.05, 4.69) is 4.99 Å². The van der Waals surface area contributed by atoms with E-state index in [1.165, 1.54) is 24.0 Å². The molecule has 5 heteroatoms. The van der Waals surface area contributed by atoms with Crippen LogP contribution in [0, 0.1) is 0 Å². The molecule has 5 nitrogen and oxygen atoms in total. The fourth-order valence-electron chi connectivity index (χ4n) is 1.58. The maximum Gasteiger partial charge on any atom is 0.330 e. The monoisotopic (exact) mass is 243 g/mol. The van der Waals surface area contributed by atoms with Gasteiger partial charge in [0.05, 0.1) is 11.3 Å². The van der Waals surface area contributed by atoms with E-state index < -0.39 is 0 Å². The maximum atomic E-state index is 11.8. The number of hydrogen-bond acceptors (Lipinski definition) is 3. The third-order valence-electron chi connectivity index (χ3n) is 2.58. The van der Waals surface area contributed by atoms with E-state index in [0.29, 0.717) is 5.56 Å². The summed E-state index contributed by atoms with van der Waals surface area (Å²) in [7, 11) is 3.05. The third kappa shape index (κ3) is 2.29. The standard InChI is InChI=1S/C13H13N3O2/c1-15-9-10(12(17)16(2)13(15)18)8-14-11-6-4-3-5-7-11/h3-9H,1-2H3. The molecular formula is C13H13N3O2. The zero-order chi connectivity index (χ0) is 13.1. The molecule has 1 aromatic carbocycles. The van der Waals surface area contributed by atoms with Crippen molar-refractivity contribution in [2.45, 2.75) is 0 Å². The highest BCUT2D eigenvalue weighted by atomic mass is 16.2. The van der Waals surface area contributed by atoms with Gasteiger partial charge in [0.15, 0.2) is 0 Å². The molecule has 2 aromatic rings. The van der Waals surface area contributed by atoms with E-state index >= 15 is 0 Å². The molecule has 18 heavy (non-hydrogen) atoms. The summed E-state index contributed by atoms with van der Waals surface area (Å²) in [5.74, 6) is 0. The van der Waals surface area contributed by atoms with Gasteiger partial charge in [0.2, 0.25) is 0 Å². The molecule has 1 heterocycles. The van der Waals surface area contributed by atoms with E-state index in [1.54, 1.807) is 7.05 Å². The van der Waals surface area contributed by atoms with Crippen molar-refractivity contribution in [3.63, 3.8) is 0 Å². The molecule has 0 aliphatic heterocycles. The number of para-hydroxylation sites is 1. The summed E-state index contributed by atoms with van der Waals surface area (Å²) in [6, 6.07) is 9.30. The van der Waals surface area contributed by atoms with E-state index in [9.17, 15) is 9.59 Å². The maximum absolute atomic E-state index is 11.8. The van der Waals surface area contributed by atoms with Gasteiger partial charge in [0.1, 0.15) is 0 Å². The van der Waals surface area contributed by atoms with Crippen molar-refractivity contribution in [1.82, 2.24) is 9.13 Å². The van der Waals surface area contributed by atoms with Crippen LogP contribution in [0.25, 0.3) is 0 Å². The Bertz CT molecular complexity index is 696. The third-order valence-corrected chi connectivity index (χ3v) is 2.58. The number of aromatic nitrogens is 2. The molecule has 0 spiro atoms. The molecule has 0 fully saturated rings. The van der Waals surface area contributed by atoms with Crippen LogP contribution in [-0.2, 0) is 14.1 Å². The van der Waals surface area contributed by atoms with Gasteiger partial charge in [0, 0.05) is 26.5 Å². The number of benzene rings is 1. The second kappa shape index (κ2) is 4.83. The predicted molar refractivity (Wildman–Crippen MR) is 70.6 cm³/mol. The minimum atomic E-state index is -0.350. The van der Waals surface area contributed by atoms with Crippen LogP contribution < -0.4 is 11.2 Å². The van der Waals surface area contributed by atoms with Crippen LogP contribution in [0.15, 0.2) is 51.1 Å². The Kier molecular flexibility index (Phi) is 3.23. The van der Waals surface area contributed by atoms with E-state index in [4.69, 9.17) is 0 Å². The lowest BCUT2D eigenvalue weighted by atomic mass is 10.3. The van der Waals surface area contributed by atoms with Crippen molar-refractivity contribution >= 4 is 11.9 Å². The van der Waals surface area contributed by atoms with Gasteiger partial charge < -0.3 is 4.57 Å². The fraction of sp³-hybridized carbons (Fsp3) is 0.154. The van der Waals surface area contributed by atoms with Crippen LogP contribution in [0.5, 0.6) is 0 Å². The van der Waals surface area contributed by atoms with Gasteiger partial charge in [-0.1, -0.05) is 18.2 Å². The first-order chi connectivity index (χ1) is 8.59. The lowest BCUT2D eigenvalue weighted by molar-refractivity contribution is 0.684. The number of aryl methyl sites for hydroxylation is 1. The lowest BCUT2D eigenvalue weighted by Gasteiger charge is -2.02. The van der Waals surface area contributed by atoms with Crippen molar-refractivity contribution in [3.05, 3.63) is 62.9 Å². The molecular weight excluding hydrogens is 230 g/mol. The SMILES string of the molecule is Cn1cc(C=Nc2ccccc2)c(=O)n(C)c1=O. The average Bonchev–Trinajstić information content (AvgIpc) is 2.40. The minimum Gasteiger partial charge on any atom is -0.303 e. The molecule has 0 aliphatic rings. The Morgan fingerprint density at radius 1 is 1.11 bits per heavy atom. The number of rotatable bonds is 2. The summed E-state index contributed by atoms with van der Waals surface area (Å²) in [6.45, 7) is 0. The molecule has 0 bridgehead atoms. The molecule has 0 aliphatic carbocycles. The Morgan fingerprint density at radius 3 is 2.44 bits per heavy atom. The van der Waals surface area contributed by atoms with Crippen LogP contribution in [-0.4, -0.2) is 15.3 Å². The van der Waals surface area contributed by atoms with Gasteiger partial charge in [-0.3, -0.25) is 14.4 Å². The van der Waals surface area contributed by atoms with Crippen molar-refractivity contribution in [1.29, 1.82) is 0 Å². The van der Waals surface area contributed by atoms with Crippen molar-refractivity contribution in [2.24, 2.45) is 19.1 Å². The molecule has 92 valence electrons. The Labute approximate surface area is 104 Å². The van der Waals surface area contributed by atoms with Crippen molar-refractivity contribution in [2.75, 3.05) is 0 Å². The van der Waals surface area contributed by atoms with Gasteiger partial charge in [-0.25, -0.2) is 4.79 Å². The summed E-state index contributed by atoms with van der Waals surface area (Å²) >= 11 is 0. The van der Waals surface area contributed by atoms with E-state index in [1.807, 2.05) is 30.3 Å². The van der Waals surface area contributed by atoms with Crippen LogP contribution in [0.3, 0.4) is 0 Å². The fourth-order valence-corrected chi connectivity index (χ4v) is 1.58. The van der Waals surface area contributed by atoms with Gasteiger partial charge in [-0.2, -0.15) is 0 Å². The Hall–Kier alpha value is -2.43. The first-order valence-corrected chi connectivity index (χ1v) is 5.45. The second-order valence-electron chi connectivity index (χ2n) is 3.94. The van der Waals surface area contributed by atoms with Gasteiger partial charge in [-0.05, 0) is 12.1 Å². The van der Waals surface area contributed by atoms with E-state index in [0.717, 1.165) is 10.3 Å². The minimum absolute atomic E-state index is 0.349. The van der Waals surface area contributed by atoms with Crippen molar-refractivity contribution < 1.29 is 0 Å². The quantitative estimate of drug-likeness (QED) is 0.734. The van der Waals surface area contributed by atoms with Gasteiger partial charge in [-0.15, -0.1) is 0 Å². The van der Waals surface area contributed by atoms with Crippen LogP contribution >= 0.6 is 0 Å². The normalized spacial score (nSPS) is 11.0. The zero-order valence-electron chi connectivity index (χ0n) is 10.2. The smallest absolute Gasteiger partial charge is 0.303 e. The zero-order valence-corrected chi connectivity index (χ0v) is 10.2. The summed E-state index contributed by atoms with van der Waals surface area (Å²) in [6.07, 6.45) is 2.95. The van der Waals surface area contributed by atoms with Crippen LogP contribution in [0.2, 0.25) is 0 Å². The molecule has 0 amide bonds. The summed E-state index contributed by atoms with van der Waals surface area (Å²) < 4.78 is 2.42. The Balaban J connectivity index is 2.45. The number of hydrogen-bond donors (Lipinski definition) is 0. The summed E-state index contributed by atoms with van der Waals surface area (Å²) in [4.78, 5) is 27.5. The molecule has 0 unspecified atom stereocenters.